The molecule has 2 rings (SSSR count). The first-order chi connectivity index (χ1) is 14.4. The highest BCUT2D eigenvalue weighted by molar-refractivity contribution is 5.97. The molecular formula is C23H29NO6. The topological polar surface area (TPSA) is 83.1 Å². The fourth-order valence-electron chi connectivity index (χ4n) is 2.67. The van der Waals surface area contributed by atoms with Crippen molar-refractivity contribution in [2.45, 2.75) is 40.7 Å². The lowest BCUT2D eigenvalue weighted by molar-refractivity contribution is -0.123. The van der Waals surface area contributed by atoms with Gasteiger partial charge in [-0.05, 0) is 58.9 Å². The predicted molar refractivity (Wildman–Crippen MR) is 115 cm³/mol. The zero-order valence-electron chi connectivity index (χ0n) is 18.1. The van der Waals surface area contributed by atoms with Crippen molar-refractivity contribution in [3.8, 4) is 17.2 Å². The second-order valence-electron chi connectivity index (χ2n) is 6.50. The molecule has 0 saturated carbocycles. The summed E-state index contributed by atoms with van der Waals surface area (Å²) in [5.74, 6) is 0.116. The first-order valence-corrected chi connectivity index (χ1v) is 10.0. The molecule has 0 radical (unpaired) electrons. The van der Waals surface area contributed by atoms with Crippen LogP contribution in [0.15, 0.2) is 36.4 Å². The number of carbonyl (C=O) groups excluding carboxylic acids is 2. The summed E-state index contributed by atoms with van der Waals surface area (Å²) in [6.45, 7) is 10.2. The van der Waals surface area contributed by atoms with Crippen LogP contribution >= 0.6 is 0 Å². The lowest BCUT2D eigenvalue weighted by Gasteiger charge is -2.18. The van der Waals surface area contributed by atoms with Crippen LogP contribution in [0.5, 0.6) is 17.2 Å². The average molecular weight is 415 g/mol. The van der Waals surface area contributed by atoms with E-state index in [0.29, 0.717) is 42.8 Å². The molecule has 2 aromatic rings. The van der Waals surface area contributed by atoms with E-state index < -0.39 is 18.0 Å². The van der Waals surface area contributed by atoms with Crippen LogP contribution in [0.1, 0.15) is 43.6 Å². The van der Waals surface area contributed by atoms with Gasteiger partial charge in [-0.3, -0.25) is 4.79 Å². The number of carbonyl (C=O) groups is 2. The molecular weight excluding hydrogens is 386 g/mol. The average Bonchev–Trinajstić information content (AvgIpc) is 2.72. The lowest BCUT2D eigenvalue weighted by Crippen LogP contribution is -2.30. The third-order valence-electron chi connectivity index (χ3n) is 4.12. The van der Waals surface area contributed by atoms with Crippen molar-refractivity contribution in [1.29, 1.82) is 0 Å². The zero-order valence-corrected chi connectivity index (χ0v) is 18.1. The maximum atomic E-state index is 12.7. The van der Waals surface area contributed by atoms with E-state index in [1.165, 1.54) is 19.1 Å². The molecule has 1 atom stereocenters. The molecule has 0 aliphatic heterocycles. The number of amides is 1. The highest BCUT2D eigenvalue weighted by Crippen LogP contribution is 2.39. The van der Waals surface area contributed by atoms with Gasteiger partial charge < -0.3 is 24.3 Å². The number of hydrogen-bond donors (Lipinski definition) is 1. The Morgan fingerprint density at radius 2 is 1.43 bits per heavy atom. The summed E-state index contributed by atoms with van der Waals surface area (Å²) in [5, 5.41) is 2.73. The first kappa shape index (κ1) is 23.1. The van der Waals surface area contributed by atoms with Gasteiger partial charge in [-0.15, -0.1) is 0 Å². The summed E-state index contributed by atoms with van der Waals surface area (Å²) >= 11 is 0. The molecule has 2 aromatic carbocycles. The minimum absolute atomic E-state index is 0.209. The van der Waals surface area contributed by atoms with Crippen molar-refractivity contribution in [2.75, 3.05) is 25.1 Å². The van der Waals surface area contributed by atoms with Crippen molar-refractivity contribution < 1.29 is 28.5 Å². The minimum Gasteiger partial charge on any atom is -0.490 e. The fourth-order valence-corrected chi connectivity index (χ4v) is 2.67. The summed E-state index contributed by atoms with van der Waals surface area (Å²) in [6, 6.07) is 10.4. The third kappa shape index (κ3) is 6.14. The Kier molecular flexibility index (Phi) is 8.53. The predicted octanol–water partition coefficient (Wildman–Crippen LogP) is 4.38. The van der Waals surface area contributed by atoms with Gasteiger partial charge in [0.2, 0.25) is 5.75 Å². The number of esters is 1. The lowest BCUT2D eigenvalue weighted by atomic mass is 10.1. The molecule has 0 aromatic heterocycles. The second-order valence-corrected chi connectivity index (χ2v) is 6.50. The number of aryl methyl sites for hydroxylation is 1. The number of hydrogen-bond acceptors (Lipinski definition) is 6. The van der Waals surface area contributed by atoms with Gasteiger partial charge in [-0.2, -0.15) is 0 Å². The van der Waals surface area contributed by atoms with Crippen molar-refractivity contribution in [3.63, 3.8) is 0 Å². The number of nitrogens with one attached hydrogen (secondary N) is 1. The Labute approximate surface area is 177 Å². The van der Waals surface area contributed by atoms with E-state index in [-0.39, 0.29) is 5.56 Å². The van der Waals surface area contributed by atoms with E-state index >= 15 is 0 Å². The monoisotopic (exact) mass is 415 g/mol. The molecule has 0 aliphatic rings. The van der Waals surface area contributed by atoms with Gasteiger partial charge in [0.25, 0.3) is 5.91 Å². The van der Waals surface area contributed by atoms with E-state index in [1.54, 1.807) is 12.1 Å². The molecule has 30 heavy (non-hydrogen) atoms. The number of benzene rings is 2. The Morgan fingerprint density at radius 3 is 1.93 bits per heavy atom. The van der Waals surface area contributed by atoms with Crippen molar-refractivity contribution >= 4 is 17.6 Å². The van der Waals surface area contributed by atoms with Crippen LogP contribution in [0.4, 0.5) is 5.69 Å². The molecule has 0 saturated heterocycles. The van der Waals surface area contributed by atoms with Gasteiger partial charge in [0.15, 0.2) is 17.6 Å². The van der Waals surface area contributed by atoms with Crippen LogP contribution in [0.25, 0.3) is 0 Å². The van der Waals surface area contributed by atoms with Crippen molar-refractivity contribution in [1.82, 2.24) is 0 Å². The first-order valence-electron chi connectivity index (χ1n) is 10.0. The zero-order chi connectivity index (χ0) is 22.1. The largest absolute Gasteiger partial charge is 0.490 e. The third-order valence-corrected chi connectivity index (χ3v) is 4.12. The molecule has 0 fully saturated rings. The summed E-state index contributed by atoms with van der Waals surface area (Å²) < 4.78 is 22.2. The van der Waals surface area contributed by atoms with Crippen molar-refractivity contribution in [2.24, 2.45) is 0 Å². The van der Waals surface area contributed by atoms with Crippen LogP contribution in [0.3, 0.4) is 0 Å². The molecule has 7 nitrogen and oxygen atoms in total. The summed E-state index contributed by atoms with van der Waals surface area (Å²) in [7, 11) is 0. The van der Waals surface area contributed by atoms with E-state index in [2.05, 4.69) is 5.32 Å². The summed E-state index contributed by atoms with van der Waals surface area (Å²) in [5.41, 5.74) is 1.92. The van der Waals surface area contributed by atoms with Crippen LogP contribution < -0.4 is 19.5 Å². The quantitative estimate of drug-likeness (QED) is 0.580. The highest BCUT2D eigenvalue weighted by atomic mass is 16.6. The molecule has 1 amide bonds. The fraction of sp³-hybridized carbons (Fsp3) is 0.391. The number of anilines is 1. The summed E-state index contributed by atoms with van der Waals surface area (Å²) in [4.78, 5) is 25.1. The Balaban J connectivity index is 2.17. The van der Waals surface area contributed by atoms with E-state index in [0.717, 1.165) is 5.56 Å². The molecule has 0 unspecified atom stereocenters. The van der Waals surface area contributed by atoms with Gasteiger partial charge in [-0.1, -0.05) is 17.7 Å². The maximum absolute atomic E-state index is 12.7. The van der Waals surface area contributed by atoms with Crippen LogP contribution in [-0.2, 0) is 9.53 Å². The number of ether oxygens (including phenoxy) is 4. The van der Waals surface area contributed by atoms with Crippen molar-refractivity contribution in [3.05, 3.63) is 47.5 Å². The van der Waals surface area contributed by atoms with Gasteiger partial charge in [0.1, 0.15) is 0 Å². The number of rotatable bonds is 10. The van der Waals surface area contributed by atoms with E-state index in [9.17, 15) is 9.59 Å². The molecule has 0 bridgehead atoms. The molecule has 0 heterocycles. The van der Waals surface area contributed by atoms with Gasteiger partial charge in [-0.25, -0.2) is 4.79 Å². The van der Waals surface area contributed by atoms with Gasteiger partial charge in [0, 0.05) is 5.69 Å². The normalized spacial score (nSPS) is 11.4. The SMILES string of the molecule is CCOc1cc(C(=O)O[C@H](C)C(=O)Nc2ccc(C)cc2)cc(OCC)c1OCC. The maximum Gasteiger partial charge on any atom is 0.339 e. The Morgan fingerprint density at radius 1 is 0.900 bits per heavy atom. The Hall–Kier alpha value is -3.22. The second kappa shape index (κ2) is 11.1. The minimum atomic E-state index is -0.989. The molecule has 1 N–H and O–H groups in total. The standard InChI is InChI=1S/C23H29NO6/c1-6-27-19-13-17(14-20(28-7-2)21(19)29-8-3)23(26)30-16(5)22(25)24-18-11-9-15(4)10-12-18/h9-14,16H,6-8H2,1-5H3,(H,24,25)/t16-/m1/s1. The van der Waals surface area contributed by atoms with Gasteiger partial charge in [0.05, 0.1) is 25.4 Å². The van der Waals surface area contributed by atoms with E-state index in [1.807, 2.05) is 39.8 Å². The van der Waals surface area contributed by atoms with E-state index in [4.69, 9.17) is 18.9 Å². The molecule has 7 heteroatoms. The Bertz CT molecular complexity index is 835. The molecule has 0 aliphatic carbocycles. The van der Waals surface area contributed by atoms with Crippen LogP contribution in [0, 0.1) is 6.92 Å². The van der Waals surface area contributed by atoms with Gasteiger partial charge >= 0.3 is 5.97 Å². The van der Waals surface area contributed by atoms with Crippen LogP contribution in [-0.4, -0.2) is 37.8 Å². The van der Waals surface area contributed by atoms with Crippen LogP contribution in [0.2, 0.25) is 0 Å². The highest BCUT2D eigenvalue weighted by Gasteiger charge is 2.23. The molecule has 162 valence electrons. The molecule has 0 spiro atoms. The summed E-state index contributed by atoms with van der Waals surface area (Å²) in [6.07, 6.45) is -0.989. The smallest absolute Gasteiger partial charge is 0.339 e.